The van der Waals surface area contributed by atoms with E-state index in [-0.39, 0.29) is 30.6 Å². The van der Waals surface area contributed by atoms with Gasteiger partial charge in [-0.2, -0.15) is 0 Å². The van der Waals surface area contributed by atoms with Crippen LogP contribution in [0, 0.1) is 5.92 Å². The number of aliphatic hydroxyl groups is 1. The maximum Gasteiger partial charge on any atom is 0.228 e. The van der Waals surface area contributed by atoms with Gasteiger partial charge in [0.2, 0.25) is 5.91 Å². The molecule has 3 unspecified atom stereocenters. The average molecular weight is 275 g/mol. The van der Waals surface area contributed by atoms with Crippen molar-refractivity contribution in [2.75, 3.05) is 19.8 Å². The van der Waals surface area contributed by atoms with Crippen LogP contribution in [0.3, 0.4) is 0 Å². The van der Waals surface area contributed by atoms with Crippen LogP contribution < -0.4 is 0 Å². The van der Waals surface area contributed by atoms with E-state index in [4.69, 9.17) is 4.74 Å². The molecular formula is C16H21NO3. The fourth-order valence-corrected chi connectivity index (χ4v) is 3.38. The van der Waals surface area contributed by atoms with Crippen molar-refractivity contribution >= 4 is 5.91 Å². The molecule has 1 N–H and O–H groups in total. The number of ether oxygens (including phenoxy) is 1. The number of nitrogens with zero attached hydrogens (tertiary/aromatic N) is 1. The zero-order valence-electron chi connectivity index (χ0n) is 11.8. The van der Waals surface area contributed by atoms with Gasteiger partial charge >= 0.3 is 0 Å². The smallest absolute Gasteiger partial charge is 0.228 e. The van der Waals surface area contributed by atoms with E-state index in [0.29, 0.717) is 13.2 Å². The van der Waals surface area contributed by atoms with E-state index in [9.17, 15) is 9.90 Å². The molecule has 0 bridgehead atoms. The maximum absolute atomic E-state index is 12.7. The largest absolute Gasteiger partial charge is 0.394 e. The van der Waals surface area contributed by atoms with E-state index in [1.807, 2.05) is 30.0 Å². The fourth-order valence-electron chi connectivity index (χ4n) is 3.38. The first-order valence-corrected chi connectivity index (χ1v) is 7.33. The third-order valence-corrected chi connectivity index (χ3v) is 4.56. The summed E-state index contributed by atoms with van der Waals surface area (Å²) in [6.07, 6.45) is 1.63. The normalized spacial score (nSPS) is 29.3. The van der Waals surface area contributed by atoms with Crippen LogP contribution in [0.25, 0.3) is 0 Å². The predicted octanol–water partition coefficient (Wildman–Crippen LogP) is 1.53. The Morgan fingerprint density at radius 3 is 2.95 bits per heavy atom. The van der Waals surface area contributed by atoms with Crippen LogP contribution in [0.1, 0.15) is 30.5 Å². The third kappa shape index (κ3) is 2.23. The molecule has 1 aromatic rings. The van der Waals surface area contributed by atoms with Gasteiger partial charge in [-0.25, -0.2) is 0 Å². The van der Waals surface area contributed by atoms with Crippen molar-refractivity contribution in [3.8, 4) is 0 Å². The topological polar surface area (TPSA) is 49.8 Å². The summed E-state index contributed by atoms with van der Waals surface area (Å²) in [7, 11) is 0. The highest BCUT2D eigenvalue weighted by molar-refractivity contribution is 5.80. The summed E-state index contributed by atoms with van der Waals surface area (Å²) in [5.74, 6) is 0.0675. The van der Waals surface area contributed by atoms with Gasteiger partial charge in [-0.1, -0.05) is 24.3 Å². The highest BCUT2D eigenvalue weighted by Crippen LogP contribution is 2.32. The SMILES string of the molecule is CC1OCCC1C(=O)N1CCc2ccccc2C1CO. The molecule has 2 heterocycles. The number of rotatable bonds is 2. The zero-order valence-corrected chi connectivity index (χ0v) is 11.8. The van der Waals surface area contributed by atoms with Crippen molar-refractivity contribution in [2.45, 2.75) is 31.9 Å². The molecule has 1 amide bonds. The lowest BCUT2D eigenvalue weighted by molar-refractivity contribution is -0.141. The van der Waals surface area contributed by atoms with Crippen molar-refractivity contribution in [2.24, 2.45) is 5.92 Å². The Morgan fingerprint density at radius 2 is 2.25 bits per heavy atom. The summed E-state index contributed by atoms with van der Waals surface area (Å²) in [6, 6.07) is 7.87. The van der Waals surface area contributed by atoms with Crippen LogP contribution in [0.4, 0.5) is 0 Å². The second-order valence-electron chi connectivity index (χ2n) is 5.65. The number of hydrogen-bond acceptors (Lipinski definition) is 3. The van der Waals surface area contributed by atoms with Gasteiger partial charge in [-0.3, -0.25) is 4.79 Å². The zero-order chi connectivity index (χ0) is 14.1. The van der Waals surface area contributed by atoms with E-state index >= 15 is 0 Å². The van der Waals surface area contributed by atoms with Crippen LogP contribution in [-0.2, 0) is 16.0 Å². The lowest BCUT2D eigenvalue weighted by Gasteiger charge is -2.38. The molecule has 1 fully saturated rings. The lowest BCUT2D eigenvalue weighted by atomic mass is 9.90. The Balaban J connectivity index is 1.85. The summed E-state index contributed by atoms with van der Waals surface area (Å²) < 4.78 is 5.51. The van der Waals surface area contributed by atoms with Gasteiger partial charge in [-0.15, -0.1) is 0 Å². The minimum Gasteiger partial charge on any atom is -0.394 e. The molecule has 3 rings (SSSR count). The minimum atomic E-state index is -0.208. The Hall–Kier alpha value is -1.39. The summed E-state index contributed by atoms with van der Waals surface area (Å²) in [5, 5.41) is 9.74. The third-order valence-electron chi connectivity index (χ3n) is 4.56. The molecular weight excluding hydrogens is 254 g/mol. The van der Waals surface area contributed by atoms with E-state index in [0.717, 1.165) is 18.4 Å². The van der Waals surface area contributed by atoms with E-state index in [1.165, 1.54) is 5.56 Å². The number of hydrogen-bond donors (Lipinski definition) is 1. The summed E-state index contributed by atoms with van der Waals surface area (Å²) >= 11 is 0. The molecule has 0 spiro atoms. The number of aliphatic hydroxyl groups excluding tert-OH is 1. The van der Waals surface area contributed by atoms with Crippen molar-refractivity contribution in [1.29, 1.82) is 0 Å². The predicted molar refractivity (Wildman–Crippen MR) is 75.2 cm³/mol. The first-order valence-electron chi connectivity index (χ1n) is 7.33. The second-order valence-corrected chi connectivity index (χ2v) is 5.65. The molecule has 0 aliphatic carbocycles. The van der Waals surface area contributed by atoms with Crippen LogP contribution in [0.2, 0.25) is 0 Å². The molecule has 4 heteroatoms. The molecule has 4 nitrogen and oxygen atoms in total. The van der Waals surface area contributed by atoms with Crippen LogP contribution in [-0.4, -0.2) is 41.8 Å². The number of carbonyl (C=O) groups excluding carboxylic acids is 1. The first kappa shape index (κ1) is 13.6. The van der Waals surface area contributed by atoms with Crippen molar-refractivity contribution in [1.82, 2.24) is 4.90 Å². The standard InChI is InChI=1S/C16H21NO3/c1-11-13(7-9-20-11)16(19)17-8-6-12-4-2-3-5-14(12)15(17)10-18/h2-5,11,13,15,18H,6-10H2,1H3. The summed E-state index contributed by atoms with van der Waals surface area (Å²) in [6.45, 7) is 3.28. The molecule has 0 radical (unpaired) electrons. The highest BCUT2D eigenvalue weighted by atomic mass is 16.5. The number of amides is 1. The Bertz CT molecular complexity index is 502. The quantitative estimate of drug-likeness (QED) is 0.890. The van der Waals surface area contributed by atoms with E-state index < -0.39 is 0 Å². The Kier molecular flexibility index (Phi) is 3.76. The van der Waals surface area contributed by atoms with Gasteiger partial charge in [0.25, 0.3) is 0 Å². The fraction of sp³-hybridized carbons (Fsp3) is 0.562. The van der Waals surface area contributed by atoms with Gasteiger partial charge in [0, 0.05) is 13.2 Å². The average Bonchev–Trinajstić information content (AvgIpc) is 2.91. The molecule has 3 atom stereocenters. The molecule has 1 saturated heterocycles. The molecule has 2 aliphatic rings. The van der Waals surface area contributed by atoms with Crippen LogP contribution in [0.15, 0.2) is 24.3 Å². The summed E-state index contributed by atoms with van der Waals surface area (Å²) in [5.41, 5.74) is 2.33. The van der Waals surface area contributed by atoms with Crippen molar-refractivity contribution < 1.29 is 14.6 Å². The number of carbonyl (C=O) groups is 1. The minimum absolute atomic E-state index is 0.0148. The van der Waals surface area contributed by atoms with Gasteiger partial charge in [0.05, 0.1) is 24.7 Å². The van der Waals surface area contributed by atoms with E-state index in [1.54, 1.807) is 0 Å². The van der Waals surface area contributed by atoms with Gasteiger partial charge in [0.1, 0.15) is 0 Å². The maximum atomic E-state index is 12.7. The van der Waals surface area contributed by atoms with E-state index in [2.05, 4.69) is 6.07 Å². The molecule has 0 saturated carbocycles. The van der Waals surface area contributed by atoms with Gasteiger partial charge < -0.3 is 14.7 Å². The number of benzene rings is 1. The molecule has 0 aromatic heterocycles. The molecule has 1 aromatic carbocycles. The van der Waals surface area contributed by atoms with Gasteiger partial charge in [0.15, 0.2) is 0 Å². The first-order chi connectivity index (χ1) is 9.72. The van der Waals surface area contributed by atoms with Crippen LogP contribution >= 0.6 is 0 Å². The van der Waals surface area contributed by atoms with Crippen molar-refractivity contribution in [3.63, 3.8) is 0 Å². The molecule has 2 aliphatic heterocycles. The monoisotopic (exact) mass is 275 g/mol. The Morgan fingerprint density at radius 1 is 1.45 bits per heavy atom. The van der Waals surface area contributed by atoms with Crippen LogP contribution in [0.5, 0.6) is 0 Å². The highest BCUT2D eigenvalue weighted by Gasteiger charge is 2.38. The number of fused-ring (bicyclic) bond motifs is 1. The summed E-state index contributed by atoms with van der Waals surface area (Å²) in [4.78, 5) is 14.6. The van der Waals surface area contributed by atoms with Crippen molar-refractivity contribution in [3.05, 3.63) is 35.4 Å². The second kappa shape index (κ2) is 5.54. The van der Waals surface area contributed by atoms with Gasteiger partial charge in [-0.05, 0) is 30.9 Å². The molecule has 20 heavy (non-hydrogen) atoms. The Labute approximate surface area is 119 Å². The lowest BCUT2D eigenvalue weighted by Crippen LogP contribution is -2.45. The molecule has 108 valence electrons.